The van der Waals surface area contributed by atoms with Gasteiger partial charge in [-0.1, -0.05) is 91.3 Å². The number of benzene rings is 2. The number of nitrogen functional groups attached to an aromatic ring is 1. The van der Waals surface area contributed by atoms with Gasteiger partial charge < -0.3 is 10.6 Å². The lowest BCUT2D eigenvalue weighted by Gasteiger charge is -2.27. The van der Waals surface area contributed by atoms with Crippen LogP contribution in [0.4, 0.5) is 5.69 Å². The summed E-state index contributed by atoms with van der Waals surface area (Å²) in [4.78, 5) is 4.87. The van der Waals surface area contributed by atoms with Crippen molar-refractivity contribution in [1.82, 2.24) is 9.80 Å². The third-order valence-electron chi connectivity index (χ3n) is 7.48. The van der Waals surface area contributed by atoms with Crippen LogP contribution in [0.3, 0.4) is 0 Å². The third-order valence-corrected chi connectivity index (χ3v) is 7.81. The molecule has 1 heterocycles. The largest absolute Gasteiger partial charge is 0.399 e. The summed E-state index contributed by atoms with van der Waals surface area (Å²) in [5.74, 6) is 1.49. The second-order valence-corrected chi connectivity index (χ2v) is 12.0. The fourth-order valence-corrected chi connectivity index (χ4v) is 5.73. The van der Waals surface area contributed by atoms with Gasteiger partial charge in [0, 0.05) is 42.6 Å². The van der Waals surface area contributed by atoms with Crippen LogP contribution < -0.4 is 5.73 Å². The number of hydrogen-bond donors (Lipinski definition) is 1. The van der Waals surface area contributed by atoms with Gasteiger partial charge in [-0.15, -0.1) is 0 Å². The van der Waals surface area contributed by atoms with Crippen LogP contribution in [0.5, 0.6) is 0 Å². The lowest BCUT2D eigenvalue weighted by atomic mass is 9.99. The Morgan fingerprint density at radius 3 is 2.30 bits per heavy atom. The predicted molar refractivity (Wildman–Crippen MR) is 180 cm³/mol. The van der Waals surface area contributed by atoms with Gasteiger partial charge in [0.2, 0.25) is 0 Å². The first kappa shape index (κ1) is 36.1. The Labute approximate surface area is 253 Å². The van der Waals surface area contributed by atoms with Crippen molar-refractivity contribution in [1.29, 1.82) is 0 Å². The van der Waals surface area contributed by atoms with Crippen molar-refractivity contribution in [2.24, 2.45) is 11.8 Å². The van der Waals surface area contributed by atoms with Crippen molar-refractivity contribution < 1.29 is 0 Å². The van der Waals surface area contributed by atoms with Crippen molar-refractivity contribution in [3.05, 3.63) is 75.4 Å². The second kappa shape index (κ2) is 19.2. The molecule has 0 spiro atoms. The van der Waals surface area contributed by atoms with Crippen LogP contribution in [0.1, 0.15) is 109 Å². The number of nitrogens with zero attached hydrogens (tertiary/aromatic N) is 2. The zero-order valence-electron chi connectivity index (χ0n) is 27.4. The molecular formula is C36H60ClN3. The van der Waals surface area contributed by atoms with Crippen LogP contribution in [0.15, 0.2) is 42.6 Å². The monoisotopic (exact) mass is 569 g/mol. The average Bonchev–Trinajstić information content (AvgIpc) is 3.17. The number of halogens is 1. The van der Waals surface area contributed by atoms with Crippen LogP contribution in [0.2, 0.25) is 5.02 Å². The topological polar surface area (TPSA) is 32.5 Å². The summed E-state index contributed by atoms with van der Waals surface area (Å²) in [6, 6.07) is 11.0. The molecule has 1 aliphatic heterocycles. The first-order valence-corrected chi connectivity index (χ1v) is 16.3. The fourth-order valence-electron chi connectivity index (χ4n) is 5.38. The van der Waals surface area contributed by atoms with Gasteiger partial charge in [0.25, 0.3) is 0 Å². The van der Waals surface area contributed by atoms with Gasteiger partial charge in [0.15, 0.2) is 0 Å². The number of fused-ring (bicyclic) bond motifs is 1. The number of aryl methyl sites for hydroxylation is 2. The first-order valence-electron chi connectivity index (χ1n) is 15.9. The van der Waals surface area contributed by atoms with E-state index in [0.717, 1.165) is 48.4 Å². The lowest BCUT2D eigenvalue weighted by molar-refractivity contribution is 0.299. The van der Waals surface area contributed by atoms with Crippen molar-refractivity contribution in [2.75, 3.05) is 25.4 Å². The van der Waals surface area contributed by atoms with E-state index in [-0.39, 0.29) is 0 Å². The Bertz CT molecular complexity index is 1010. The van der Waals surface area contributed by atoms with E-state index in [9.17, 15) is 0 Å². The van der Waals surface area contributed by atoms with E-state index in [0.29, 0.717) is 5.92 Å². The zero-order valence-corrected chi connectivity index (χ0v) is 28.1. The minimum absolute atomic E-state index is 0.637. The molecule has 2 N–H and O–H groups in total. The first-order chi connectivity index (χ1) is 19.1. The molecule has 4 heteroatoms. The van der Waals surface area contributed by atoms with Crippen molar-refractivity contribution in [3.8, 4) is 0 Å². The molecule has 40 heavy (non-hydrogen) atoms. The maximum atomic E-state index is 6.55. The summed E-state index contributed by atoms with van der Waals surface area (Å²) in [5, 5.41) is 0.968. The number of anilines is 1. The Morgan fingerprint density at radius 2 is 1.73 bits per heavy atom. The van der Waals surface area contributed by atoms with Crippen molar-refractivity contribution >= 4 is 17.3 Å². The van der Waals surface area contributed by atoms with Gasteiger partial charge in [-0.25, -0.2) is 0 Å². The maximum Gasteiger partial charge on any atom is 0.0444 e. The normalized spacial score (nSPS) is 16.3. The molecule has 0 aromatic heterocycles. The van der Waals surface area contributed by atoms with Crippen LogP contribution in [-0.4, -0.2) is 29.4 Å². The average molecular weight is 570 g/mol. The van der Waals surface area contributed by atoms with Gasteiger partial charge in [-0.3, -0.25) is 4.90 Å². The second-order valence-electron chi connectivity index (χ2n) is 11.6. The SMILES string of the molecule is C=C(C)N(Cc1cc(Cl)c2c(c1)CCCCC2)CC(C)C.CC.CC.Cc1ccc(CN2CCC(C)C2)cc1N. The molecule has 1 fully saturated rings. The molecule has 0 radical (unpaired) electrons. The van der Waals surface area contributed by atoms with E-state index in [1.807, 2.05) is 27.7 Å². The standard InChI is InChI=1S/C19H28ClN.C13H20N2.2C2H6/c1-14(2)12-21(15(3)4)13-16-10-17-8-6-5-7-9-18(17)19(20)11-16;1-10-5-6-15(8-10)9-12-4-3-11(2)13(14)7-12;2*1-2/h10-11,14H,3,5-9,12-13H2,1-2,4H3;3-4,7,10H,5-6,8-9,14H2,1-2H3;2*1-2H3. The Kier molecular flexibility index (Phi) is 17.3. The zero-order chi connectivity index (χ0) is 30.2. The van der Waals surface area contributed by atoms with E-state index >= 15 is 0 Å². The van der Waals surface area contributed by atoms with Gasteiger partial charge in [0.05, 0.1) is 0 Å². The van der Waals surface area contributed by atoms with E-state index in [2.05, 4.69) is 81.3 Å². The van der Waals surface area contributed by atoms with Gasteiger partial charge >= 0.3 is 0 Å². The van der Waals surface area contributed by atoms with Gasteiger partial charge in [-0.2, -0.15) is 0 Å². The third kappa shape index (κ3) is 12.3. The van der Waals surface area contributed by atoms with Crippen LogP contribution in [0.25, 0.3) is 0 Å². The smallest absolute Gasteiger partial charge is 0.0444 e. The molecule has 0 bridgehead atoms. The molecular weight excluding hydrogens is 510 g/mol. The highest BCUT2D eigenvalue weighted by molar-refractivity contribution is 6.31. The summed E-state index contributed by atoms with van der Waals surface area (Å²) >= 11 is 6.55. The lowest BCUT2D eigenvalue weighted by Crippen LogP contribution is -2.25. The molecule has 2 aromatic rings. The van der Waals surface area contributed by atoms with E-state index in [1.54, 1.807) is 0 Å². The number of rotatable bonds is 7. The minimum Gasteiger partial charge on any atom is -0.399 e. The molecule has 2 aliphatic rings. The molecule has 0 amide bonds. The summed E-state index contributed by atoms with van der Waals surface area (Å²) in [7, 11) is 0. The quantitative estimate of drug-likeness (QED) is 0.266. The number of hydrogen-bond acceptors (Lipinski definition) is 3. The predicted octanol–water partition coefficient (Wildman–Crippen LogP) is 10.1. The highest BCUT2D eigenvalue weighted by atomic mass is 35.5. The van der Waals surface area contributed by atoms with E-state index in [4.69, 9.17) is 17.3 Å². The molecule has 1 aliphatic carbocycles. The highest BCUT2D eigenvalue weighted by Gasteiger charge is 2.18. The summed E-state index contributed by atoms with van der Waals surface area (Å²) in [6.07, 6.45) is 7.55. The summed E-state index contributed by atoms with van der Waals surface area (Å²) in [6.45, 7) is 28.6. The molecule has 1 saturated heterocycles. The number of nitrogens with two attached hydrogens (primary N) is 1. The Morgan fingerprint density at radius 1 is 1.05 bits per heavy atom. The Balaban J connectivity index is 0.000000370. The molecule has 1 unspecified atom stereocenters. The van der Waals surface area contributed by atoms with Crippen LogP contribution >= 0.6 is 11.6 Å². The fraction of sp³-hybridized carbons (Fsp3) is 0.611. The molecule has 226 valence electrons. The number of likely N-dealkylation sites (tertiary alicyclic amines) is 1. The molecule has 2 aromatic carbocycles. The molecule has 1 atom stereocenters. The Hall–Kier alpha value is -1.97. The van der Waals surface area contributed by atoms with Crippen molar-refractivity contribution in [3.63, 3.8) is 0 Å². The van der Waals surface area contributed by atoms with Crippen LogP contribution in [0, 0.1) is 18.8 Å². The minimum atomic E-state index is 0.637. The molecule has 4 rings (SSSR count). The summed E-state index contributed by atoms with van der Waals surface area (Å²) < 4.78 is 0. The van der Waals surface area contributed by atoms with E-state index in [1.165, 1.54) is 73.0 Å². The number of allylic oxidation sites excluding steroid dienone is 1. The van der Waals surface area contributed by atoms with Crippen molar-refractivity contribution in [2.45, 2.75) is 114 Å². The van der Waals surface area contributed by atoms with Gasteiger partial charge in [-0.05, 0) is 104 Å². The highest BCUT2D eigenvalue weighted by Crippen LogP contribution is 2.29. The summed E-state index contributed by atoms with van der Waals surface area (Å²) in [5.41, 5.74) is 14.7. The van der Waals surface area contributed by atoms with Crippen LogP contribution in [-0.2, 0) is 25.9 Å². The molecule has 3 nitrogen and oxygen atoms in total. The van der Waals surface area contributed by atoms with Gasteiger partial charge in [0.1, 0.15) is 0 Å². The van der Waals surface area contributed by atoms with E-state index < -0.39 is 0 Å². The maximum absolute atomic E-state index is 6.55. The molecule has 0 saturated carbocycles.